The quantitative estimate of drug-likeness (QED) is 0.753. The number of nitrogens with two attached hydrogens (primary N) is 1. The summed E-state index contributed by atoms with van der Waals surface area (Å²) in [7, 11) is -3.73. The van der Waals surface area contributed by atoms with Crippen LogP contribution in [0.1, 0.15) is 22.4 Å². The van der Waals surface area contributed by atoms with Gasteiger partial charge in [-0.25, -0.2) is 13.6 Å². The zero-order valence-electron chi connectivity index (χ0n) is 14.8. The predicted octanol–water partition coefficient (Wildman–Crippen LogP) is 1.37. The van der Waals surface area contributed by atoms with E-state index in [1.807, 2.05) is 31.2 Å². The summed E-state index contributed by atoms with van der Waals surface area (Å²) < 4.78 is 22.6. The fourth-order valence-corrected chi connectivity index (χ4v) is 4.66. The number of hydrogen-bond donors (Lipinski definition) is 2. The minimum atomic E-state index is -3.73. The first-order valence-corrected chi connectivity index (χ1v) is 10.8. The maximum Gasteiger partial charge on any atom is 0.247 e. The van der Waals surface area contributed by atoms with E-state index >= 15 is 0 Å². The van der Waals surface area contributed by atoms with Gasteiger partial charge in [0.1, 0.15) is 4.21 Å². The third-order valence-corrected chi connectivity index (χ3v) is 6.96. The van der Waals surface area contributed by atoms with E-state index in [0.717, 1.165) is 22.5 Å². The van der Waals surface area contributed by atoms with Crippen LogP contribution in [-0.4, -0.2) is 31.7 Å². The van der Waals surface area contributed by atoms with Crippen molar-refractivity contribution < 1.29 is 18.0 Å². The molecular weight excluding hydrogens is 386 g/mol. The van der Waals surface area contributed by atoms with Crippen LogP contribution in [0.4, 0.5) is 0 Å². The van der Waals surface area contributed by atoms with Gasteiger partial charge in [0.2, 0.25) is 21.8 Å². The lowest BCUT2D eigenvalue weighted by molar-refractivity contribution is -0.129. The number of likely N-dealkylation sites (tertiary alicyclic amines) is 1. The van der Waals surface area contributed by atoms with Crippen LogP contribution in [0.5, 0.6) is 0 Å². The van der Waals surface area contributed by atoms with Crippen molar-refractivity contribution in [1.82, 2.24) is 10.2 Å². The lowest BCUT2D eigenvalue weighted by Crippen LogP contribution is -2.32. The van der Waals surface area contributed by atoms with Gasteiger partial charge in [-0.05, 0) is 24.6 Å². The zero-order chi connectivity index (χ0) is 19.6. The Morgan fingerprint density at radius 1 is 1.26 bits per heavy atom. The van der Waals surface area contributed by atoms with Gasteiger partial charge in [-0.3, -0.25) is 9.59 Å². The number of carbonyl (C=O) groups excluding carboxylic acids is 2. The van der Waals surface area contributed by atoms with E-state index in [1.54, 1.807) is 11.0 Å². The average molecular weight is 408 g/mol. The number of primary sulfonamides is 1. The molecule has 3 N–H and O–H groups in total. The number of nitrogens with one attached hydrogen (secondary N) is 1. The van der Waals surface area contributed by atoms with E-state index in [9.17, 15) is 18.0 Å². The molecule has 1 atom stereocenters. The fraction of sp³-hybridized carbons (Fsp3) is 0.333. The molecule has 0 spiro atoms. The summed E-state index contributed by atoms with van der Waals surface area (Å²) in [5, 5.41) is 7.85. The van der Waals surface area contributed by atoms with Crippen molar-refractivity contribution in [2.45, 2.75) is 30.6 Å². The van der Waals surface area contributed by atoms with Crippen molar-refractivity contribution in [2.24, 2.45) is 11.1 Å². The molecule has 1 aromatic heterocycles. The molecule has 9 heteroatoms. The van der Waals surface area contributed by atoms with E-state index in [-0.39, 0.29) is 29.0 Å². The Hall–Kier alpha value is -2.23. The van der Waals surface area contributed by atoms with E-state index in [0.29, 0.717) is 18.0 Å². The number of benzene rings is 1. The summed E-state index contributed by atoms with van der Waals surface area (Å²) in [6.07, 6.45) is 0.185. The highest BCUT2D eigenvalue weighted by molar-refractivity contribution is 7.91. The van der Waals surface area contributed by atoms with Gasteiger partial charge in [-0.1, -0.05) is 29.8 Å². The number of nitrogens with zero attached hydrogens (tertiary/aromatic N) is 1. The summed E-state index contributed by atoms with van der Waals surface area (Å²) in [5.74, 6) is -0.649. The predicted molar refractivity (Wildman–Crippen MR) is 102 cm³/mol. The van der Waals surface area contributed by atoms with E-state index < -0.39 is 15.9 Å². The van der Waals surface area contributed by atoms with Crippen molar-refractivity contribution >= 4 is 33.2 Å². The maximum atomic E-state index is 12.4. The molecule has 3 rings (SSSR count). The van der Waals surface area contributed by atoms with Crippen molar-refractivity contribution in [1.29, 1.82) is 0 Å². The first-order valence-electron chi connectivity index (χ1n) is 8.45. The topological polar surface area (TPSA) is 110 Å². The highest BCUT2D eigenvalue weighted by Gasteiger charge is 2.34. The lowest BCUT2D eigenvalue weighted by Gasteiger charge is -2.16. The van der Waals surface area contributed by atoms with Crippen LogP contribution in [-0.2, 0) is 32.7 Å². The molecule has 2 aromatic rings. The van der Waals surface area contributed by atoms with E-state index in [4.69, 9.17) is 5.14 Å². The van der Waals surface area contributed by atoms with E-state index in [2.05, 4.69) is 5.32 Å². The second-order valence-electron chi connectivity index (χ2n) is 6.64. The fourth-order valence-electron chi connectivity index (χ4n) is 2.94. The van der Waals surface area contributed by atoms with Crippen molar-refractivity contribution in [3.8, 4) is 0 Å². The molecule has 1 aliphatic rings. The van der Waals surface area contributed by atoms with Crippen molar-refractivity contribution in [2.75, 3.05) is 6.54 Å². The minimum Gasteiger partial charge on any atom is -0.351 e. The van der Waals surface area contributed by atoms with Crippen LogP contribution < -0.4 is 10.5 Å². The Bertz CT molecular complexity index is 951. The number of carbonyl (C=O) groups is 2. The summed E-state index contributed by atoms with van der Waals surface area (Å²) in [6, 6.07) is 11.0. The molecule has 2 heterocycles. The molecule has 0 aliphatic carbocycles. The number of sulfonamides is 1. The second-order valence-corrected chi connectivity index (χ2v) is 9.60. The number of aryl methyl sites for hydroxylation is 1. The molecule has 144 valence electrons. The Labute approximate surface area is 162 Å². The second kappa shape index (κ2) is 7.79. The SMILES string of the molecule is Cc1ccc(CN2CC(C(=O)NCc3ccc(S(N)(=O)=O)s3)CC2=O)cc1. The van der Waals surface area contributed by atoms with Crippen LogP contribution in [0.2, 0.25) is 0 Å². The van der Waals surface area contributed by atoms with Crippen molar-refractivity contribution in [3.63, 3.8) is 0 Å². The Morgan fingerprint density at radius 3 is 2.59 bits per heavy atom. The molecule has 2 amide bonds. The largest absolute Gasteiger partial charge is 0.351 e. The number of hydrogen-bond acceptors (Lipinski definition) is 5. The van der Waals surface area contributed by atoms with Gasteiger partial charge in [0.15, 0.2) is 0 Å². The summed E-state index contributed by atoms with van der Waals surface area (Å²) in [5.41, 5.74) is 2.19. The summed E-state index contributed by atoms with van der Waals surface area (Å²) >= 11 is 1.02. The van der Waals surface area contributed by atoms with Crippen LogP contribution in [0.3, 0.4) is 0 Å². The number of thiophene rings is 1. The first-order chi connectivity index (χ1) is 12.7. The Kier molecular flexibility index (Phi) is 5.64. The smallest absolute Gasteiger partial charge is 0.247 e. The molecule has 7 nitrogen and oxygen atoms in total. The van der Waals surface area contributed by atoms with Gasteiger partial charge >= 0.3 is 0 Å². The molecular formula is C18H21N3O4S2. The van der Waals surface area contributed by atoms with Gasteiger partial charge in [0.25, 0.3) is 0 Å². The number of rotatable bonds is 6. The van der Waals surface area contributed by atoms with Crippen LogP contribution in [0.25, 0.3) is 0 Å². The average Bonchev–Trinajstić information content (AvgIpc) is 3.22. The maximum absolute atomic E-state index is 12.4. The molecule has 0 saturated carbocycles. The molecule has 0 radical (unpaired) electrons. The monoisotopic (exact) mass is 407 g/mol. The first kappa shape index (κ1) is 19.5. The van der Waals surface area contributed by atoms with Gasteiger partial charge < -0.3 is 10.2 Å². The molecule has 1 fully saturated rings. The third kappa shape index (κ3) is 4.94. The normalized spacial score (nSPS) is 17.3. The molecule has 0 bridgehead atoms. The zero-order valence-corrected chi connectivity index (χ0v) is 16.5. The highest BCUT2D eigenvalue weighted by Crippen LogP contribution is 2.22. The molecule has 1 unspecified atom stereocenters. The Balaban J connectivity index is 1.54. The van der Waals surface area contributed by atoms with E-state index in [1.165, 1.54) is 6.07 Å². The van der Waals surface area contributed by atoms with Gasteiger partial charge in [0.05, 0.1) is 12.5 Å². The minimum absolute atomic E-state index is 0.0386. The lowest BCUT2D eigenvalue weighted by atomic mass is 10.1. The van der Waals surface area contributed by atoms with Crippen molar-refractivity contribution in [3.05, 3.63) is 52.4 Å². The molecule has 1 aliphatic heterocycles. The molecule has 1 aromatic carbocycles. The summed E-state index contributed by atoms with van der Waals surface area (Å²) in [6.45, 7) is 3.09. The number of amides is 2. The van der Waals surface area contributed by atoms with Crippen LogP contribution in [0.15, 0.2) is 40.6 Å². The molecule has 1 saturated heterocycles. The van der Waals surface area contributed by atoms with Gasteiger partial charge in [0, 0.05) is 24.4 Å². The summed E-state index contributed by atoms with van der Waals surface area (Å²) in [4.78, 5) is 27.0. The Morgan fingerprint density at radius 2 is 1.96 bits per heavy atom. The highest BCUT2D eigenvalue weighted by atomic mass is 32.2. The van der Waals surface area contributed by atoms with Gasteiger partial charge in [-0.2, -0.15) is 0 Å². The molecule has 27 heavy (non-hydrogen) atoms. The van der Waals surface area contributed by atoms with Crippen LogP contribution >= 0.6 is 11.3 Å². The van der Waals surface area contributed by atoms with Crippen LogP contribution in [0, 0.1) is 12.8 Å². The van der Waals surface area contributed by atoms with Gasteiger partial charge in [-0.15, -0.1) is 11.3 Å². The third-order valence-electron chi connectivity index (χ3n) is 4.43. The standard InChI is InChI=1S/C18H21N3O4S2/c1-12-2-4-13(5-3-12)10-21-11-14(8-16(21)22)18(23)20-9-15-6-7-17(26-15)27(19,24)25/h2-7,14H,8-11H2,1H3,(H,20,23)(H2,19,24,25).